The number of nitrogens with zero attached hydrogens (tertiary/aromatic N) is 2. The molecule has 1 aromatic rings. The normalized spacial score (nSPS) is 17.6. The number of carboxylic acid groups (broad SMARTS) is 1. The molecule has 1 heterocycles. The minimum atomic E-state index is -2.43. The third kappa shape index (κ3) is 4.25. The largest absolute Gasteiger partial charge is 0.480 e. The van der Waals surface area contributed by atoms with Crippen LogP contribution < -0.4 is 0 Å². The molecule has 4 nitrogen and oxygen atoms in total. The van der Waals surface area contributed by atoms with Crippen molar-refractivity contribution in [3.05, 3.63) is 35.4 Å². The van der Waals surface area contributed by atoms with Crippen LogP contribution in [0.25, 0.3) is 0 Å². The molecule has 1 aromatic carbocycles. The van der Waals surface area contributed by atoms with Crippen LogP contribution in [0.2, 0.25) is 0 Å². The van der Waals surface area contributed by atoms with Gasteiger partial charge in [0, 0.05) is 38.3 Å². The van der Waals surface area contributed by atoms with Crippen LogP contribution in [-0.2, 0) is 11.3 Å². The molecule has 1 saturated heterocycles. The van der Waals surface area contributed by atoms with E-state index in [-0.39, 0.29) is 12.1 Å². The molecule has 0 unspecified atom stereocenters. The lowest BCUT2D eigenvalue weighted by molar-refractivity contribution is -0.138. The Morgan fingerprint density at radius 1 is 1.10 bits per heavy atom. The Kier molecular flexibility index (Phi) is 5.03. The fraction of sp³-hybridized carbons (Fsp3) is 0.500. The standard InChI is InChI=1S/C14H18F2N2O2/c15-14(16)12-3-1-11(2-4-12)9-17-5-7-18(8-6-17)10-13(19)20/h1-4,14H,5-10H2,(H,19,20). The summed E-state index contributed by atoms with van der Waals surface area (Å²) in [6, 6.07) is 6.37. The van der Waals surface area contributed by atoms with E-state index < -0.39 is 12.4 Å². The van der Waals surface area contributed by atoms with Crippen molar-refractivity contribution in [3.8, 4) is 0 Å². The Bertz CT molecular complexity index is 443. The van der Waals surface area contributed by atoms with Crippen LogP contribution in [0.4, 0.5) is 8.78 Å². The van der Waals surface area contributed by atoms with Gasteiger partial charge in [-0.15, -0.1) is 0 Å². The number of benzene rings is 1. The smallest absolute Gasteiger partial charge is 0.317 e. The van der Waals surface area contributed by atoms with Crippen molar-refractivity contribution in [3.63, 3.8) is 0 Å². The zero-order chi connectivity index (χ0) is 14.5. The third-order valence-electron chi connectivity index (χ3n) is 3.46. The van der Waals surface area contributed by atoms with Gasteiger partial charge in [0.2, 0.25) is 0 Å². The molecule has 0 radical (unpaired) electrons. The molecule has 0 aliphatic carbocycles. The highest BCUT2D eigenvalue weighted by Crippen LogP contribution is 2.19. The molecule has 110 valence electrons. The van der Waals surface area contributed by atoms with Gasteiger partial charge < -0.3 is 5.11 Å². The third-order valence-corrected chi connectivity index (χ3v) is 3.46. The predicted octanol–water partition coefficient (Wildman–Crippen LogP) is 1.83. The highest BCUT2D eigenvalue weighted by molar-refractivity contribution is 5.69. The maximum Gasteiger partial charge on any atom is 0.317 e. The van der Waals surface area contributed by atoms with Crippen LogP contribution in [0.3, 0.4) is 0 Å². The lowest BCUT2D eigenvalue weighted by Crippen LogP contribution is -2.47. The highest BCUT2D eigenvalue weighted by Gasteiger charge is 2.18. The fourth-order valence-corrected chi connectivity index (χ4v) is 2.32. The second-order valence-corrected chi connectivity index (χ2v) is 4.99. The van der Waals surface area contributed by atoms with E-state index in [1.165, 1.54) is 12.1 Å². The zero-order valence-electron chi connectivity index (χ0n) is 11.1. The first-order chi connectivity index (χ1) is 9.54. The van der Waals surface area contributed by atoms with E-state index in [0.717, 1.165) is 31.7 Å². The first-order valence-electron chi connectivity index (χ1n) is 6.58. The van der Waals surface area contributed by atoms with Crippen LogP contribution >= 0.6 is 0 Å². The second-order valence-electron chi connectivity index (χ2n) is 4.99. The molecule has 0 atom stereocenters. The van der Waals surface area contributed by atoms with E-state index in [4.69, 9.17) is 5.11 Å². The summed E-state index contributed by atoms with van der Waals surface area (Å²) in [6.45, 7) is 3.83. The van der Waals surface area contributed by atoms with Gasteiger partial charge in [-0.3, -0.25) is 14.6 Å². The Labute approximate surface area is 116 Å². The van der Waals surface area contributed by atoms with Crippen LogP contribution in [0.1, 0.15) is 17.6 Å². The molecular formula is C14H18F2N2O2. The molecule has 1 aliphatic heterocycles. The summed E-state index contributed by atoms with van der Waals surface area (Å²) in [5.41, 5.74) is 1.04. The van der Waals surface area contributed by atoms with Crippen molar-refractivity contribution in [2.75, 3.05) is 32.7 Å². The Morgan fingerprint density at radius 3 is 2.15 bits per heavy atom. The summed E-state index contributed by atoms with van der Waals surface area (Å²) in [7, 11) is 0. The minimum absolute atomic E-state index is 0.0417. The molecule has 0 saturated carbocycles. The van der Waals surface area contributed by atoms with Crippen LogP contribution in [0.5, 0.6) is 0 Å². The van der Waals surface area contributed by atoms with E-state index >= 15 is 0 Å². The van der Waals surface area contributed by atoms with Gasteiger partial charge in [0.1, 0.15) is 0 Å². The van der Waals surface area contributed by atoms with E-state index in [2.05, 4.69) is 4.90 Å². The average Bonchev–Trinajstić information content (AvgIpc) is 2.41. The summed E-state index contributed by atoms with van der Waals surface area (Å²) >= 11 is 0. The second kappa shape index (κ2) is 6.76. The van der Waals surface area contributed by atoms with Crippen LogP contribution in [0, 0.1) is 0 Å². The van der Waals surface area contributed by atoms with E-state index in [0.29, 0.717) is 6.54 Å². The molecule has 0 aromatic heterocycles. The highest BCUT2D eigenvalue weighted by atomic mass is 19.3. The number of piperazine rings is 1. The Morgan fingerprint density at radius 2 is 1.65 bits per heavy atom. The molecule has 0 bridgehead atoms. The first-order valence-corrected chi connectivity index (χ1v) is 6.58. The SMILES string of the molecule is O=C(O)CN1CCN(Cc2ccc(C(F)F)cc2)CC1. The van der Waals surface area contributed by atoms with Gasteiger partial charge in [-0.1, -0.05) is 24.3 Å². The van der Waals surface area contributed by atoms with Crippen molar-refractivity contribution in [1.29, 1.82) is 0 Å². The predicted molar refractivity (Wildman–Crippen MR) is 70.8 cm³/mol. The maximum atomic E-state index is 12.4. The van der Waals surface area contributed by atoms with Gasteiger partial charge >= 0.3 is 5.97 Å². The fourth-order valence-electron chi connectivity index (χ4n) is 2.32. The average molecular weight is 284 g/mol. The van der Waals surface area contributed by atoms with E-state index in [9.17, 15) is 13.6 Å². The van der Waals surface area contributed by atoms with Crippen molar-refractivity contribution >= 4 is 5.97 Å². The minimum Gasteiger partial charge on any atom is -0.480 e. The molecular weight excluding hydrogens is 266 g/mol. The molecule has 2 rings (SSSR count). The maximum absolute atomic E-state index is 12.4. The zero-order valence-corrected chi connectivity index (χ0v) is 11.1. The van der Waals surface area contributed by atoms with Gasteiger partial charge in [-0.05, 0) is 5.56 Å². The summed E-state index contributed by atoms with van der Waals surface area (Å²) in [5.74, 6) is -0.805. The van der Waals surface area contributed by atoms with Gasteiger partial charge in [-0.2, -0.15) is 0 Å². The lowest BCUT2D eigenvalue weighted by Gasteiger charge is -2.33. The topological polar surface area (TPSA) is 43.8 Å². The van der Waals surface area contributed by atoms with Crippen molar-refractivity contribution in [1.82, 2.24) is 9.80 Å². The van der Waals surface area contributed by atoms with Crippen LogP contribution in [0.15, 0.2) is 24.3 Å². The van der Waals surface area contributed by atoms with E-state index in [1.54, 1.807) is 12.1 Å². The number of alkyl halides is 2. The number of aliphatic carboxylic acids is 1. The lowest BCUT2D eigenvalue weighted by atomic mass is 10.1. The molecule has 1 fully saturated rings. The summed E-state index contributed by atoms with van der Waals surface area (Å²) < 4.78 is 24.9. The first kappa shape index (κ1) is 14.9. The van der Waals surface area contributed by atoms with Crippen molar-refractivity contribution < 1.29 is 18.7 Å². The number of carbonyl (C=O) groups is 1. The van der Waals surface area contributed by atoms with Gasteiger partial charge in [-0.25, -0.2) is 8.78 Å². The van der Waals surface area contributed by atoms with Crippen molar-refractivity contribution in [2.24, 2.45) is 0 Å². The molecule has 1 N–H and O–H groups in total. The molecule has 1 aliphatic rings. The van der Waals surface area contributed by atoms with Gasteiger partial charge in [0.25, 0.3) is 6.43 Å². The number of carboxylic acids is 1. The number of rotatable bonds is 5. The Hall–Kier alpha value is -1.53. The summed E-state index contributed by atoms with van der Waals surface area (Å²) in [4.78, 5) is 14.7. The van der Waals surface area contributed by atoms with Crippen molar-refractivity contribution in [2.45, 2.75) is 13.0 Å². The van der Waals surface area contributed by atoms with Crippen LogP contribution in [-0.4, -0.2) is 53.6 Å². The van der Waals surface area contributed by atoms with Gasteiger partial charge in [0.05, 0.1) is 6.54 Å². The quantitative estimate of drug-likeness (QED) is 0.896. The number of halogens is 2. The Balaban J connectivity index is 1.81. The van der Waals surface area contributed by atoms with Gasteiger partial charge in [0.15, 0.2) is 0 Å². The van der Waals surface area contributed by atoms with E-state index in [1.807, 2.05) is 4.90 Å². The molecule has 0 spiro atoms. The molecule has 20 heavy (non-hydrogen) atoms. The number of hydrogen-bond donors (Lipinski definition) is 1. The number of hydrogen-bond acceptors (Lipinski definition) is 3. The molecule has 6 heteroatoms. The summed E-state index contributed by atoms with van der Waals surface area (Å²) in [5, 5.41) is 8.72. The monoisotopic (exact) mass is 284 g/mol. The molecule has 0 amide bonds. The summed E-state index contributed by atoms with van der Waals surface area (Å²) in [6.07, 6.45) is -2.43.